The third kappa shape index (κ3) is 4.75. The van der Waals surface area contributed by atoms with Crippen molar-refractivity contribution in [3.05, 3.63) is 65.9 Å². The zero-order valence-corrected chi connectivity index (χ0v) is 20.2. The Bertz CT molecular complexity index is 1120. The zero-order valence-electron chi connectivity index (χ0n) is 20.2. The van der Waals surface area contributed by atoms with Crippen molar-refractivity contribution in [3.8, 4) is 0 Å². The summed E-state index contributed by atoms with van der Waals surface area (Å²) < 4.78 is 2.31. The molecule has 0 aliphatic carbocycles. The number of nitrogens with zero attached hydrogens (tertiary/aromatic N) is 5. The number of aryl methyl sites for hydroxylation is 1. The highest BCUT2D eigenvalue weighted by molar-refractivity contribution is 5.91. The lowest BCUT2D eigenvalue weighted by Gasteiger charge is -2.34. The highest BCUT2D eigenvalue weighted by Gasteiger charge is 2.21. The summed E-state index contributed by atoms with van der Waals surface area (Å²) in [5.74, 6) is 0. The summed E-state index contributed by atoms with van der Waals surface area (Å²) in [7, 11) is 6.59. The predicted octanol–water partition coefficient (Wildman–Crippen LogP) is 3.34. The van der Waals surface area contributed by atoms with Crippen molar-refractivity contribution in [2.24, 2.45) is 7.05 Å². The van der Waals surface area contributed by atoms with Crippen molar-refractivity contribution in [2.45, 2.75) is 0 Å². The quantitative estimate of drug-likeness (QED) is 0.576. The first-order valence-corrected chi connectivity index (χ1v) is 12.2. The summed E-state index contributed by atoms with van der Waals surface area (Å²) >= 11 is 0. The molecule has 0 radical (unpaired) electrons. The van der Waals surface area contributed by atoms with Crippen LogP contribution in [-0.2, 0) is 7.05 Å². The van der Waals surface area contributed by atoms with E-state index in [-0.39, 0.29) is 0 Å². The minimum atomic E-state index is 1.07. The Morgan fingerprint density at radius 3 is 1.97 bits per heavy atom. The normalized spacial score (nSPS) is 18.5. The highest BCUT2D eigenvalue weighted by Crippen LogP contribution is 2.27. The molecule has 0 N–H and O–H groups in total. The monoisotopic (exact) mass is 442 g/mol. The van der Waals surface area contributed by atoms with Gasteiger partial charge in [0.2, 0.25) is 11.2 Å². The van der Waals surface area contributed by atoms with E-state index in [2.05, 4.69) is 112 Å². The molecule has 2 fully saturated rings. The Morgan fingerprint density at radius 1 is 0.697 bits per heavy atom. The number of para-hydroxylation sites is 1. The van der Waals surface area contributed by atoms with Gasteiger partial charge in [0.15, 0.2) is 0 Å². The Kier molecular flexibility index (Phi) is 6.34. The third-order valence-electron chi connectivity index (χ3n) is 7.27. The molecule has 2 saturated heterocycles. The van der Waals surface area contributed by atoms with Crippen LogP contribution in [0.15, 0.2) is 54.6 Å². The van der Waals surface area contributed by atoms with Crippen LogP contribution >= 0.6 is 0 Å². The number of aromatic nitrogens is 1. The Labute approximate surface area is 198 Å². The molecule has 33 heavy (non-hydrogen) atoms. The van der Waals surface area contributed by atoms with Gasteiger partial charge in [-0.15, -0.1) is 0 Å². The number of benzene rings is 2. The lowest BCUT2D eigenvalue weighted by molar-refractivity contribution is -0.646. The average Bonchev–Trinajstić information content (AvgIpc) is 2.85. The van der Waals surface area contributed by atoms with Gasteiger partial charge < -0.3 is 19.6 Å². The molecule has 2 aliphatic heterocycles. The highest BCUT2D eigenvalue weighted by atomic mass is 15.3. The summed E-state index contributed by atoms with van der Waals surface area (Å²) in [6.07, 6.45) is 4.50. The van der Waals surface area contributed by atoms with Gasteiger partial charge in [0.05, 0.1) is 11.1 Å². The van der Waals surface area contributed by atoms with E-state index in [9.17, 15) is 0 Å². The molecule has 2 aromatic carbocycles. The number of piperazine rings is 2. The van der Waals surface area contributed by atoms with Crippen LogP contribution in [-0.4, -0.2) is 76.3 Å². The lowest BCUT2D eigenvalue weighted by Crippen LogP contribution is -2.45. The van der Waals surface area contributed by atoms with Crippen LogP contribution in [0.5, 0.6) is 0 Å². The van der Waals surface area contributed by atoms with Crippen LogP contribution in [0, 0.1) is 0 Å². The molecule has 0 spiro atoms. The second kappa shape index (κ2) is 9.54. The fraction of sp³-hybridized carbons (Fsp3) is 0.393. The summed E-state index contributed by atoms with van der Waals surface area (Å²) in [5, 5.41) is 1.33. The van der Waals surface area contributed by atoms with Crippen LogP contribution in [0.25, 0.3) is 23.1 Å². The minimum Gasteiger partial charge on any atom is -0.369 e. The van der Waals surface area contributed by atoms with E-state index in [1.807, 2.05) is 0 Å². The van der Waals surface area contributed by atoms with Gasteiger partial charge in [-0.2, -0.15) is 4.57 Å². The number of hydrogen-bond acceptors (Lipinski definition) is 4. The van der Waals surface area contributed by atoms with Gasteiger partial charge >= 0.3 is 0 Å². The molecule has 3 aromatic rings. The van der Waals surface area contributed by atoms with E-state index in [4.69, 9.17) is 0 Å². The second-order valence-electron chi connectivity index (χ2n) is 9.54. The van der Waals surface area contributed by atoms with Crippen molar-refractivity contribution in [2.75, 3.05) is 76.3 Å². The molecule has 0 amide bonds. The van der Waals surface area contributed by atoms with Crippen LogP contribution in [0.4, 0.5) is 11.4 Å². The smallest absolute Gasteiger partial charge is 0.214 e. The zero-order chi connectivity index (χ0) is 22.8. The van der Waals surface area contributed by atoms with Gasteiger partial charge in [-0.3, -0.25) is 0 Å². The molecule has 0 unspecified atom stereocenters. The lowest BCUT2D eigenvalue weighted by atomic mass is 10.1. The summed E-state index contributed by atoms with van der Waals surface area (Å²) in [4.78, 5) is 9.84. The van der Waals surface area contributed by atoms with Crippen molar-refractivity contribution >= 4 is 34.4 Å². The van der Waals surface area contributed by atoms with Crippen LogP contribution < -0.4 is 14.4 Å². The van der Waals surface area contributed by atoms with Crippen molar-refractivity contribution in [1.29, 1.82) is 0 Å². The fourth-order valence-corrected chi connectivity index (χ4v) is 4.95. The largest absolute Gasteiger partial charge is 0.369 e. The van der Waals surface area contributed by atoms with E-state index in [1.165, 1.54) is 33.5 Å². The molecule has 1 aromatic heterocycles. The first-order chi connectivity index (χ1) is 16.1. The Balaban J connectivity index is 1.41. The molecule has 0 saturated carbocycles. The molecule has 2 aliphatic rings. The molecular formula is C28H36N5+. The van der Waals surface area contributed by atoms with Crippen molar-refractivity contribution < 1.29 is 4.57 Å². The first-order valence-electron chi connectivity index (χ1n) is 12.2. The van der Waals surface area contributed by atoms with Gasteiger partial charge in [0.25, 0.3) is 0 Å². The topological polar surface area (TPSA) is 16.8 Å². The number of rotatable bonds is 4. The number of fused-ring (bicyclic) bond motifs is 1. The van der Waals surface area contributed by atoms with E-state index in [0.717, 1.165) is 52.4 Å². The molecule has 5 nitrogen and oxygen atoms in total. The van der Waals surface area contributed by atoms with E-state index < -0.39 is 0 Å². The van der Waals surface area contributed by atoms with Gasteiger partial charge in [0.1, 0.15) is 7.05 Å². The number of pyridine rings is 1. The SMILES string of the molecule is CN1CCN(c2ccc(C=Cc3cc(N4CCN(C)CC4)c4ccccc4[n+]3C)cc2)CC1. The van der Waals surface area contributed by atoms with E-state index >= 15 is 0 Å². The molecule has 172 valence electrons. The van der Waals surface area contributed by atoms with E-state index in [0.29, 0.717) is 0 Å². The summed E-state index contributed by atoms with van der Waals surface area (Å²) in [5.41, 5.74) is 6.42. The standard InChI is InChI=1S/C28H36N5/c1-29-14-18-32(19-15-29)24-11-8-23(9-12-24)10-13-25-22-28(33-20-16-30(2)17-21-33)26-6-4-5-7-27(26)31(25)3/h4-13,22H,14-21H2,1-3H3/q+1. The third-order valence-corrected chi connectivity index (χ3v) is 7.27. The Morgan fingerprint density at radius 2 is 1.30 bits per heavy atom. The number of likely N-dealkylation sites (N-methyl/N-ethyl adjacent to an activating group) is 2. The van der Waals surface area contributed by atoms with Gasteiger partial charge in [-0.25, -0.2) is 0 Å². The van der Waals surface area contributed by atoms with Crippen LogP contribution in [0.2, 0.25) is 0 Å². The maximum absolute atomic E-state index is 2.55. The van der Waals surface area contributed by atoms with Crippen LogP contribution in [0.3, 0.4) is 0 Å². The molecular weight excluding hydrogens is 406 g/mol. The predicted molar refractivity (Wildman–Crippen MR) is 140 cm³/mol. The minimum absolute atomic E-state index is 1.07. The summed E-state index contributed by atoms with van der Waals surface area (Å²) in [6.45, 7) is 8.85. The van der Waals surface area contributed by atoms with E-state index in [1.54, 1.807) is 0 Å². The van der Waals surface area contributed by atoms with Crippen molar-refractivity contribution in [3.63, 3.8) is 0 Å². The molecule has 5 rings (SSSR count). The number of anilines is 2. The van der Waals surface area contributed by atoms with Crippen molar-refractivity contribution in [1.82, 2.24) is 9.80 Å². The van der Waals surface area contributed by atoms with Gasteiger partial charge in [-0.05, 0) is 43.9 Å². The molecule has 3 heterocycles. The molecule has 0 bridgehead atoms. The first kappa shape index (κ1) is 21.9. The van der Waals surface area contributed by atoms with Gasteiger partial charge in [-0.1, -0.05) is 24.3 Å². The fourth-order valence-electron chi connectivity index (χ4n) is 4.95. The van der Waals surface area contributed by atoms with Crippen LogP contribution in [0.1, 0.15) is 11.3 Å². The maximum atomic E-state index is 2.55. The molecule has 0 atom stereocenters. The molecule has 5 heteroatoms. The average molecular weight is 443 g/mol. The second-order valence-corrected chi connectivity index (χ2v) is 9.54. The Hall–Kier alpha value is -2.89. The maximum Gasteiger partial charge on any atom is 0.214 e. The number of hydrogen-bond donors (Lipinski definition) is 0. The van der Waals surface area contributed by atoms with Gasteiger partial charge in [0, 0.05) is 76.3 Å². The summed E-state index contributed by atoms with van der Waals surface area (Å²) in [6, 6.07) is 20.2.